The lowest BCUT2D eigenvalue weighted by molar-refractivity contribution is -0.0652. The van der Waals surface area contributed by atoms with E-state index in [1.807, 2.05) is 31.1 Å². The third-order valence-electron chi connectivity index (χ3n) is 5.73. The number of nitrogens with zero attached hydrogens (tertiary/aromatic N) is 4. The zero-order valence-corrected chi connectivity index (χ0v) is 15.9. The molecule has 0 aliphatic carbocycles. The molecule has 0 N–H and O–H groups in total. The number of aromatic nitrogens is 2. The van der Waals surface area contributed by atoms with Gasteiger partial charge in [-0.05, 0) is 40.0 Å². The van der Waals surface area contributed by atoms with Crippen molar-refractivity contribution in [3.63, 3.8) is 0 Å². The predicted molar refractivity (Wildman–Crippen MR) is 95.7 cm³/mol. The van der Waals surface area contributed by atoms with Crippen LogP contribution in [0, 0.1) is 20.8 Å². The minimum absolute atomic E-state index is 0.0765. The molecule has 6 nitrogen and oxygen atoms in total. The molecule has 1 unspecified atom stereocenters. The lowest BCUT2D eigenvalue weighted by Gasteiger charge is -2.57. The molecule has 25 heavy (non-hydrogen) atoms. The number of hydrogen-bond donors (Lipinski definition) is 0. The molecular weight excluding hydrogens is 336 g/mol. The number of rotatable bonds is 3. The summed E-state index contributed by atoms with van der Waals surface area (Å²) < 4.78 is 5.31. The minimum Gasteiger partial charge on any atom is -0.361 e. The van der Waals surface area contributed by atoms with E-state index >= 15 is 0 Å². The monoisotopic (exact) mass is 360 g/mol. The normalized spacial score (nSPS) is 23.9. The Labute approximate surface area is 151 Å². The maximum absolute atomic E-state index is 12.8. The van der Waals surface area contributed by atoms with Crippen molar-refractivity contribution in [2.75, 3.05) is 19.6 Å². The number of thiazole rings is 1. The molecule has 2 aromatic heterocycles. The number of piperidine rings is 1. The summed E-state index contributed by atoms with van der Waals surface area (Å²) >= 11 is 1.54. The van der Waals surface area contributed by atoms with Crippen LogP contribution in [0.4, 0.5) is 0 Å². The molecule has 2 aliphatic heterocycles. The lowest BCUT2D eigenvalue weighted by atomic mass is 9.77. The van der Waals surface area contributed by atoms with Crippen LogP contribution in [0.2, 0.25) is 0 Å². The Morgan fingerprint density at radius 3 is 2.76 bits per heavy atom. The molecule has 2 saturated heterocycles. The van der Waals surface area contributed by atoms with Crippen molar-refractivity contribution in [2.45, 2.75) is 52.1 Å². The highest BCUT2D eigenvalue weighted by Gasteiger charge is 2.48. The van der Waals surface area contributed by atoms with Gasteiger partial charge in [0.25, 0.3) is 5.91 Å². The van der Waals surface area contributed by atoms with Crippen molar-refractivity contribution in [1.29, 1.82) is 0 Å². The second-order valence-electron chi connectivity index (χ2n) is 7.28. The van der Waals surface area contributed by atoms with Gasteiger partial charge in [-0.1, -0.05) is 5.16 Å². The van der Waals surface area contributed by atoms with Crippen molar-refractivity contribution in [3.05, 3.63) is 33.1 Å². The number of carbonyl (C=O) groups excluding carboxylic acids is 1. The second kappa shape index (κ2) is 6.21. The smallest absolute Gasteiger partial charge is 0.273 e. The van der Waals surface area contributed by atoms with Crippen LogP contribution in [0.5, 0.6) is 0 Å². The van der Waals surface area contributed by atoms with Crippen LogP contribution >= 0.6 is 11.3 Å². The number of aryl methyl sites for hydroxylation is 3. The fraction of sp³-hybridized carbons (Fsp3) is 0.611. The Kier molecular flexibility index (Phi) is 4.16. The molecule has 1 atom stereocenters. The summed E-state index contributed by atoms with van der Waals surface area (Å²) in [7, 11) is 0. The third kappa shape index (κ3) is 2.89. The van der Waals surface area contributed by atoms with Crippen molar-refractivity contribution in [2.24, 2.45) is 0 Å². The summed E-state index contributed by atoms with van der Waals surface area (Å²) in [4.78, 5) is 21.7. The quantitative estimate of drug-likeness (QED) is 0.842. The van der Waals surface area contributed by atoms with Crippen molar-refractivity contribution in [3.8, 4) is 0 Å². The van der Waals surface area contributed by atoms with Crippen LogP contribution < -0.4 is 0 Å². The van der Waals surface area contributed by atoms with Crippen LogP contribution in [0.15, 0.2) is 9.90 Å². The molecule has 7 heteroatoms. The Morgan fingerprint density at radius 2 is 2.16 bits per heavy atom. The molecule has 1 spiro atoms. The van der Waals surface area contributed by atoms with Gasteiger partial charge in [-0.25, -0.2) is 4.98 Å². The van der Waals surface area contributed by atoms with Gasteiger partial charge >= 0.3 is 0 Å². The second-order valence-corrected chi connectivity index (χ2v) is 8.34. The van der Waals surface area contributed by atoms with Gasteiger partial charge in [0.1, 0.15) is 11.5 Å². The fourth-order valence-electron chi connectivity index (χ4n) is 4.12. The highest BCUT2D eigenvalue weighted by molar-refractivity contribution is 7.09. The number of likely N-dealkylation sites (tertiary alicyclic amines) is 2. The maximum atomic E-state index is 12.8. The van der Waals surface area contributed by atoms with Gasteiger partial charge in [0.05, 0.1) is 10.7 Å². The maximum Gasteiger partial charge on any atom is 0.273 e. The van der Waals surface area contributed by atoms with E-state index in [0.717, 1.165) is 61.9 Å². The lowest BCUT2D eigenvalue weighted by Crippen LogP contribution is -2.67. The Bertz CT molecular complexity index is 779. The number of hydrogen-bond acceptors (Lipinski definition) is 6. The van der Waals surface area contributed by atoms with E-state index < -0.39 is 0 Å². The first-order valence-electron chi connectivity index (χ1n) is 8.87. The Balaban J connectivity index is 1.49. The molecule has 2 aliphatic rings. The zero-order chi connectivity index (χ0) is 17.6. The number of amides is 1. The summed E-state index contributed by atoms with van der Waals surface area (Å²) in [6.07, 6.45) is 3.35. The van der Waals surface area contributed by atoms with E-state index in [0.29, 0.717) is 5.69 Å². The third-order valence-corrected chi connectivity index (χ3v) is 6.50. The molecule has 0 bridgehead atoms. The van der Waals surface area contributed by atoms with E-state index in [1.54, 1.807) is 0 Å². The molecule has 1 amide bonds. The van der Waals surface area contributed by atoms with E-state index in [1.165, 1.54) is 16.9 Å². The van der Waals surface area contributed by atoms with Crippen LogP contribution in [0.1, 0.15) is 51.8 Å². The average molecular weight is 360 g/mol. The average Bonchev–Trinajstić information content (AvgIpc) is 3.17. The van der Waals surface area contributed by atoms with Gasteiger partial charge in [0.15, 0.2) is 0 Å². The summed E-state index contributed by atoms with van der Waals surface area (Å²) in [5, 5.41) is 6.89. The van der Waals surface area contributed by atoms with Crippen molar-refractivity contribution >= 4 is 17.2 Å². The summed E-state index contributed by atoms with van der Waals surface area (Å²) in [6, 6.07) is 0. The Hall–Kier alpha value is -1.73. The van der Waals surface area contributed by atoms with Crippen LogP contribution in [0.25, 0.3) is 0 Å². The molecule has 0 saturated carbocycles. The van der Waals surface area contributed by atoms with E-state index in [9.17, 15) is 4.79 Å². The molecule has 0 radical (unpaired) electrons. The highest BCUT2D eigenvalue weighted by Crippen LogP contribution is 2.40. The van der Waals surface area contributed by atoms with Gasteiger partial charge in [-0.3, -0.25) is 9.69 Å². The van der Waals surface area contributed by atoms with Crippen LogP contribution in [-0.4, -0.2) is 51.0 Å². The van der Waals surface area contributed by atoms with E-state index in [-0.39, 0.29) is 11.4 Å². The molecule has 2 fully saturated rings. The number of carbonyl (C=O) groups is 1. The SMILES string of the molecule is Cc1nc(C(=O)N2CCCC3(CCN3Cc3c(C)noc3C)C2)cs1. The van der Waals surface area contributed by atoms with Crippen LogP contribution in [0.3, 0.4) is 0 Å². The largest absolute Gasteiger partial charge is 0.361 e. The molecule has 4 rings (SSSR count). The first-order valence-corrected chi connectivity index (χ1v) is 9.75. The van der Waals surface area contributed by atoms with Gasteiger partial charge in [0.2, 0.25) is 0 Å². The molecule has 134 valence electrons. The fourth-order valence-corrected chi connectivity index (χ4v) is 4.71. The highest BCUT2D eigenvalue weighted by atomic mass is 32.1. The molecular formula is C18H24N4O2S. The Morgan fingerprint density at radius 1 is 1.32 bits per heavy atom. The summed E-state index contributed by atoms with van der Waals surface area (Å²) in [5.41, 5.74) is 2.87. The first kappa shape index (κ1) is 16.7. The van der Waals surface area contributed by atoms with Gasteiger partial charge in [-0.15, -0.1) is 11.3 Å². The van der Waals surface area contributed by atoms with Crippen molar-refractivity contribution < 1.29 is 9.32 Å². The zero-order valence-electron chi connectivity index (χ0n) is 15.0. The molecule has 0 aromatic carbocycles. The van der Waals surface area contributed by atoms with E-state index in [4.69, 9.17) is 4.52 Å². The topological polar surface area (TPSA) is 62.5 Å². The van der Waals surface area contributed by atoms with Gasteiger partial charge < -0.3 is 9.42 Å². The van der Waals surface area contributed by atoms with Crippen molar-refractivity contribution in [1.82, 2.24) is 19.9 Å². The predicted octanol–water partition coefficient (Wildman–Crippen LogP) is 2.94. The van der Waals surface area contributed by atoms with E-state index in [2.05, 4.69) is 15.0 Å². The molecule has 4 heterocycles. The standard InChI is InChI=1S/C18H24N4O2S/c1-12-15(13(2)24-20-12)9-22-8-6-18(22)5-4-7-21(11-18)17(23)16-10-25-14(3)19-16/h10H,4-9,11H2,1-3H3. The van der Waals surface area contributed by atoms with Gasteiger partial charge in [0, 0.05) is 42.7 Å². The minimum atomic E-state index is 0.0765. The van der Waals surface area contributed by atoms with Gasteiger partial charge in [-0.2, -0.15) is 0 Å². The van der Waals surface area contributed by atoms with Crippen LogP contribution in [-0.2, 0) is 6.54 Å². The molecule has 2 aromatic rings. The first-order chi connectivity index (χ1) is 12.0. The summed E-state index contributed by atoms with van der Waals surface area (Å²) in [5.74, 6) is 0.980. The summed E-state index contributed by atoms with van der Waals surface area (Å²) in [6.45, 7) is 9.47.